The third-order valence-electron chi connectivity index (χ3n) is 3.56. The van der Waals surface area contributed by atoms with E-state index in [2.05, 4.69) is 6.92 Å². The van der Waals surface area contributed by atoms with E-state index in [1.165, 1.54) is 12.8 Å². The molecule has 0 aromatic heterocycles. The Morgan fingerprint density at radius 1 is 1.00 bits per heavy atom. The van der Waals surface area contributed by atoms with Gasteiger partial charge in [0, 0.05) is 26.4 Å². The zero-order valence-electron chi connectivity index (χ0n) is 15.6. The fourth-order valence-corrected chi connectivity index (χ4v) is 7.25. The highest BCUT2D eigenvalue weighted by molar-refractivity contribution is 7.54. The Morgan fingerprint density at radius 3 is 2.00 bits per heavy atom. The van der Waals surface area contributed by atoms with Gasteiger partial charge in [0.1, 0.15) is 0 Å². The van der Waals surface area contributed by atoms with Gasteiger partial charge in [-0.15, -0.1) is 0 Å². The first kappa shape index (κ1) is 23.2. The molecule has 0 heterocycles. The minimum absolute atomic E-state index is 0.0479. The normalized spacial score (nSPS) is 14.2. The first-order chi connectivity index (χ1) is 10.9. The summed E-state index contributed by atoms with van der Waals surface area (Å²) in [5, 5.41) is 0. The Bertz CT molecular complexity index is 328. The highest BCUT2D eigenvalue weighted by Gasteiger charge is 2.43. The van der Waals surface area contributed by atoms with Crippen LogP contribution in [0, 0.1) is 0 Å². The average Bonchev–Trinajstić information content (AvgIpc) is 2.52. The van der Waals surface area contributed by atoms with E-state index >= 15 is 0 Å². The summed E-state index contributed by atoms with van der Waals surface area (Å²) in [6, 6.07) is 0.412. The molecule has 0 spiro atoms. The summed E-state index contributed by atoms with van der Waals surface area (Å²) < 4.78 is 40.5. The van der Waals surface area contributed by atoms with E-state index in [1.807, 2.05) is 6.92 Å². The van der Waals surface area contributed by atoms with E-state index in [9.17, 15) is 4.57 Å². The maximum absolute atomic E-state index is 12.6. The van der Waals surface area contributed by atoms with Crippen molar-refractivity contribution in [2.75, 3.05) is 33.6 Å². The fraction of sp³-hybridized carbons (Fsp3) is 1.00. The van der Waals surface area contributed by atoms with Crippen LogP contribution in [0.15, 0.2) is 0 Å². The second kappa shape index (κ2) is 12.6. The van der Waals surface area contributed by atoms with Crippen molar-refractivity contribution in [1.29, 1.82) is 0 Å². The molecule has 23 heavy (non-hydrogen) atoms. The molecular weight excluding hydrogens is 335 g/mol. The van der Waals surface area contributed by atoms with Crippen molar-refractivity contribution >= 4 is 16.4 Å². The minimum Gasteiger partial charge on any atom is -0.377 e. The molecule has 0 saturated carbocycles. The minimum atomic E-state index is -3.12. The van der Waals surface area contributed by atoms with Crippen LogP contribution in [0.1, 0.15) is 53.4 Å². The van der Waals surface area contributed by atoms with E-state index in [4.69, 9.17) is 22.3 Å². The molecule has 0 unspecified atom stereocenters. The third kappa shape index (κ3) is 9.34. The van der Waals surface area contributed by atoms with Crippen LogP contribution in [0.2, 0.25) is 6.04 Å². The molecule has 0 N–H and O–H groups in total. The van der Waals surface area contributed by atoms with Crippen molar-refractivity contribution in [3.8, 4) is 0 Å². The Labute approximate surface area is 143 Å². The van der Waals surface area contributed by atoms with Gasteiger partial charge in [0.05, 0.1) is 19.4 Å². The fourth-order valence-electron chi connectivity index (χ4n) is 2.32. The van der Waals surface area contributed by atoms with Crippen LogP contribution in [0.3, 0.4) is 0 Å². The maximum atomic E-state index is 12.6. The van der Waals surface area contributed by atoms with Crippen LogP contribution in [0.25, 0.3) is 0 Å². The summed E-state index contributed by atoms with van der Waals surface area (Å²) in [6.07, 6.45) is 4.73. The lowest BCUT2D eigenvalue weighted by molar-refractivity contribution is 0.0587. The lowest BCUT2D eigenvalue weighted by atomic mass is 10.1. The largest absolute Gasteiger partial charge is 0.501 e. The molecule has 0 amide bonds. The number of unbranched alkanes of at least 4 members (excludes halogenated alkanes) is 2. The van der Waals surface area contributed by atoms with E-state index in [1.54, 1.807) is 28.1 Å². The van der Waals surface area contributed by atoms with Crippen molar-refractivity contribution in [2.45, 2.75) is 65.5 Å². The van der Waals surface area contributed by atoms with Crippen molar-refractivity contribution in [3.63, 3.8) is 0 Å². The molecular formula is C15H35O6PSi. The Kier molecular flexibility index (Phi) is 12.7. The molecule has 0 aliphatic rings. The van der Waals surface area contributed by atoms with Crippen molar-refractivity contribution in [2.24, 2.45) is 0 Å². The summed E-state index contributed by atoms with van der Waals surface area (Å²) in [7, 11) is -2.82. The topological polar surface area (TPSA) is 63.2 Å². The monoisotopic (exact) mass is 370 g/mol. The molecule has 0 radical (unpaired) electrons. The van der Waals surface area contributed by atoms with Crippen molar-refractivity contribution in [1.82, 2.24) is 0 Å². The quantitative estimate of drug-likeness (QED) is 0.241. The third-order valence-corrected chi connectivity index (χ3v) is 8.92. The molecule has 0 aliphatic heterocycles. The molecule has 0 fully saturated rings. The Hall–Kier alpha value is 0.247. The first-order valence-electron chi connectivity index (χ1n) is 8.57. The number of rotatable bonds is 15. The van der Waals surface area contributed by atoms with E-state index in [-0.39, 0.29) is 12.3 Å². The second-order valence-corrected chi connectivity index (χ2v) is 10.5. The van der Waals surface area contributed by atoms with Gasteiger partial charge in [-0.1, -0.05) is 26.2 Å². The van der Waals surface area contributed by atoms with E-state index < -0.39 is 16.4 Å². The number of hydrogen-bond donors (Lipinski definition) is 0. The standard InChI is InChI=1S/C15H35O6PSi/c1-7-10-11-12-15(4)21-23(17-5,18-6)14-13-22(16,19-8-2)20-9-3/h15H,7-14H2,1-6H3/t15-/m0/s1. The van der Waals surface area contributed by atoms with Gasteiger partial charge in [-0.2, -0.15) is 0 Å². The lowest BCUT2D eigenvalue weighted by Crippen LogP contribution is -2.47. The zero-order valence-corrected chi connectivity index (χ0v) is 17.5. The van der Waals surface area contributed by atoms with Gasteiger partial charge in [-0.3, -0.25) is 4.57 Å². The van der Waals surface area contributed by atoms with Gasteiger partial charge in [-0.05, 0) is 27.2 Å². The molecule has 0 aromatic rings. The summed E-state index contributed by atoms with van der Waals surface area (Å²) in [6.45, 7) is 8.50. The summed E-state index contributed by atoms with van der Waals surface area (Å²) in [5.74, 6) is 0. The van der Waals surface area contributed by atoms with Crippen LogP contribution >= 0.6 is 7.60 Å². The highest BCUT2D eigenvalue weighted by Crippen LogP contribution is 2.49. The summed E-state index contributed by atoms with van der Waals surface area (Å²) in [5.41, 5.74) is 0. The van der Waals surface area contributed by atoms with Crippen LogP contribution in [0.4, 0.5) is 0 Å². The predicted octanol–water partition coefficient (Wildman–Crippen LogP) is 4.47. The Morgan fingerprint density at radius 2 is 1.57 bits per heavy atom. The van der Waals surface area contributed by atoms with Crippen LogP contribution in [0.5, 0.6) is 0 Å². The van der Waals surface area contributed by atoms with Gasteiger partial charge in [0.25, 0.3) is 0 Å². The van der Waals surface area contributed by atoms with Crippen molar-refractivity contribution in [3.05, 3.63) is 0 Å². The second-order valence-electron chi connectivity index (χ2n) is 5.44. The smallest absolute Gasteiger partial charge is 0.377 e. The van der Waals surface area contributed by atoms with Crippen LogP contribution in [-0.4, -0.2) is 48.5 Å². The van der Waals surface area contributed by atoms with Gasteiger partial charge in [0.15, 0.2) is 0 Å². The first-order valence-corrected chi connectivity index (χ1v) is 12.2. The predicted molar refractivity (Wildman–Crippen MR) is 95.0 cm³/mol. The SMILES string of the molecule is CCCCC[C@H](C)O[Si](CCP(=O)(OCC)OCC)(OC)OC. The van der Waals surface area contributed by atoms with E-state index in [0.717, 1.165) is 12.8 Å². The van der Waals surface area contributed by atoms with Gasteiger partial charge >= 0.3 is 16.4 Å². The zero-order chi connectivity index (χ0) is 17.8. The van der Waals surface area contributed by atoms with Gasteiger partial charge < -0.3 is 22.3 Å². The van der Waals surface area contributed by atoms with Crippen LogP contribution < -0.4 is 0 Å². The average molecular weight is 370 g/mol. The summed E-state index contributed by atoms with van der Waals surface area (Å²) >= 11 is 0. The number of hydrogen-bond acceptors (Lipinski definition) is 6. The molecule has 6 nitrogen and oxygen atoms in total. The molecule has 0 saturated heterocycles. The maximum Gasteiger partial charge on any atom is 0.501 e. The molecule has 1 atom stereocenters. The van der Waals surface area contributed by atoms with Gasteiger partial charge in [0.2, 0.25) is 0 Å². The molecule has 0 bridgehead atoms. The van der Waals surface area contributed by atoms with Gasteiger partial charge in [-0.25, -0.2) is 0 Å². The highest BCUT2D eigenvalue weighted by atomic mass is 31.2. The molecule has 0 rings (SSSR count). The molecule has 0 aromatic carbocycles. The lowest BCUT2D eigenvalue weighted by Gasteiger charge is -2.30. The van der Waals surface area contributed by atoms with Crippen molar-refractivity contribution < 1.29 is 26.9 Å². The molecule has 0 aliphatic carbocycles. The van der Waals surface area contributed by atoms with E-state index in [0.29, 0.717) is 19.3 Å². The van der Waals surface area contributed by atoms with Crippen LogP contribution in [-0.2, 0) is 26.9 Å². The Balaban J connectivity index is 4.71. The molecule has 8 heteroatoms. The summed E-state index contributed by atoms with van der Waals surface area (Å²) in [4.78, 5) is 0. The molecule has 140 valence electrons.